The predicted molar refractivity (Wildman–Crippen MR) is 83.1 cm³/mol. The van der Waals surface area contributed by atoms with Crippen LogP contribution in [0.3, 0.4) is 0 Å². The van der Waals surface area contributed by atoms with Gasteiger partial charge >= 0.3 is 0 Å². The Labute approximate surface area is 126 Å². The molecule has 2 aliphatic heterocycles. The van der Waals surface area contributed by atoms with Crippen LogP contribution in [0.1, 0.15) is 25.7 Å². The molecule has 3 rings (SSSR count). The standard InChI is InChI=1S/C16H24N4O/c1-19(13-15-7-2-3-11-21-15)14-6-5-10-20(12-14)16-8-4-9-17-18-16/h3-4,8-9,11,14-15H,2,5-7,10,12-13H2,1H3/t14-,15-/m1/s1. The second kappa shape index (κ2) is 6.89. The normalized spacial score (nSPS) is 25.9. The third-order valence-corrected chi connectivity index (χ3v) is 4.42. The molecule has 0 amide bonds. The number of rotatable bonds is 4. The SMILES string of the molecule is CN(C[C@H]1CCC=CO1)[C@@H]1CCCN(c2cccnn2)C1. The molecule has 2 aliphatic rings. The van der Waals surface area contributed by atoms with Crippen LogP contribution in [0.25, 0.3) is 0 Å². The molecule has 5 nitrogen and oxygen atoms in total. The monoisotopic (exact) mass is 288 g/mol. The van der Waals surface area contributed by atoms with Gasteiger partial charge in [0.25, 0.3) is 0 Å². The van der Waals surface area contributed by atoms with Crippen molar-refractivity contribution in [3.63, 3.8) is 0 Å². The molecule has 1 fully saturated rings. The molecule has 21 heavy (non-hydrogen) atoms. The number of aromatic nitrogens is 2. The van der Waals surface area contributed by atoms with Crippen LogP contribution in [0.15, 0.2) is 30.7 Å². The Kier molecular flexibility index (Phi) is 4.70. The summed E-state index contributed by atoms with van der Waals surface area (Å²) in [5.41, 5.74) is 0. The van der Waals surface area contributed by atoms with Crippen molar-refractivity contribution in [3.05, 3.63) is 30.7 Å². The molecule has 1 aromatic rings. The average molecular weight is 288 g/mol. The van der Waals surface area contributed by atoms with Gasteiger partial charge in [0.1, 0.15) is 6.10 Å². The molecule has 0 saturated carbocycles. The van der Waals surface area contributed by atoms with Gasteiger partial charge in [0.15, 0.2) is 5.82 Å². The Morgan fingerprint density at radius 1 is 1.43 bits per heavy atom. The van der Waals surface area contributed by atoms with Gasteiger partial charge in [-0.3, -0.25) is 4.90 Å². The van der Waals surface area contributed by atoms with Crippen LogP contribution in [-0.4, -0.2) is 53.9 Å². The summed E-state index contributed by atoms with van der Waals surface area (Å²) in [6.45, 7) is 3.10. The Bertz CT molecular complexity index is 465. The summed E-state index contributed by atoms with van der Waals surface area (Å²) in [4.78, 5) is 4.80. The zero-order chi connectivity index (χ0) is 14.5. The van der Waals surface area contributed by atoms with Crippen molar-refractivity contribution in [2.45, 2.75) is 37.8 Å². The van der Waals surface area contributed by atoms with E-state index in [4.69, 9.17) is 4.74 Å². The van der Waals surface area contributed by atoms with Crippen molar-refractivity contribution < 1.29 is 4.74 Å². The molecule has 0 spiro atoms. The van der Waals surface area contributed by atoms with E-state index >= 15 is 0 Å². The number of piperidine rings is 1. The van der Waals surface area contributed by atoms with E-state index in [-0.39, 0.29) is 0 Å². The van der Waals surface area contributed by atoms with Crippen LogP contribution < -0.4 is 4.90 Å². The fourth-order valence-electron chi connectivity index (χ4n) is 3.17. The van der Waals surface area contributed by atoms with Crippen LogP contribution >= 0.6 is 0 Å². The predicted octanol–water partition coefficient (Wildman–Crippen LogP) is 2.07. The zero-order valence-electron chi connectivity index (χ0n) is 12.7. The molecule has 0 unspecified atom stereocenters. The topological polar surface area (TPSA) is 41.5 Å². The van der Waals surface area contributed by atoms with Gasteiger partial charge in [-0.15, -0.1) is 5.10 Å². The molecule has 1 aromatic heterocycles. The van der Waals surface area contributed by atoms with Gasteiger partial charge in [-0.05, 0) is 50.9 Å². The van der Waals surface area contributed by atoms with Gasteiger partial charge < -0.3 is 9.64 Å². The number of ether oxygens (including phenoxy) is 1. The van der Waals surface area contributed by atoms with E-state index < -0.39 is 0 Å². The fraction of sp³-hybridized carbons (Fsp3) is 0.625. The van der Waals surface area contributed by atoms with Crippen molar-refractivity contribution in [3.8, 4) is 0 Å². The highest BCUT2D eigenvalue weighted by Crippen LogP contribution is 2.21. The van der Waals surface area contributed by atoms with E-state index in [0.717, 1.165) is 38.3 Å². The van der Waals surface area contributed by atoms with E-state index in [9.17, 15) is 0 Å². The highest BCUT2D eigenvalue weighted by atomic mass is 16.5. The minimum absolute atomic E-state index is 0.340. The second-order valence-corrected chi connectivity index (χ2v) is 5.97. The van der Waals surface area contributed by atoms with E-state index in [0.29, 0.717) is 12.1 Å². The Balaban J connectivity index is 1.56. The molecule has 0 radical (unpaired) electrons. The number of anilines is 1. The highest BCUT2D eigenvalue weighted by molar-refractivity contribution is 5.37. The number of allylic oxidation sites excluding steroid dienone is 1. The molecule has 0 bridgehead atoms. The van der Waals surface area contributed by atoms with Crippen molar-refractivity contribution in [2.75, 3.05) is 31.6 Å². The number of hydrogen-bond acceptors (Lipinski definition) is 5. The summed E-state index contributed by atoms with van der Waals surface area (Å²) in [6, 6.07) is 4.57. The molecule has 3 heterocycles. The third-order valence-electron chi connectivity index (χ3n) is 4.42. The number of nitrogens with zero attached hydrogens (tertiary/aromatic N) is 4. The Morgan fingerprint density at radius 3 is 3.14 bits per heavy atom. The summed E-state index contributed by atoms with van der Waals surface area (Å²) >= 11 is 0. The lowest BCUT2D eigenvalue weighted by Gasteiger charge is -2.39. The molecule has 2 atom stereocenters. The smallest absolute Gasteiger partial charge is 0.151 e. The van der Waals surface area contributed by atoms with Crippen molar-refractivity contribution in [1.82, 2.24) is 15.1 Å². The van der Waals surface area contributed by atoms with E-state index in [1.54, 1.807) is 6.20 Å². The minimum Gasteiger partial charge on any atom is -0.497 e. The maximum absolute atomic E-state index is 5.69. The molecule has 0 aliphatic carbocycles. The van der Waals surface area contributed by atoms with E-state index in [1.165, 1.54) is 12.8 Å². The summed E-state index contributed by atoms with van der Waals surface area (Å²) < 4.78 is 5.69. The summed E-state index contributed by atoms with van der Waals surface area (Å²) in [7, 11) is 2.21. The van der Waals surface area contributed by atoms with Gasteiger partial charge in [-0.1, -0.05) is 0 Å². The fourth-order valence-corrected chi connectivity index (χ4v) is 3.17. The van der Waals surface area contributed by atoms with Gasteiger partial charge in [0.2, 0.25) is 0 Å². The maximum Gasteiger partial charge on any atom is 0.151 e. The first-order valence-electron chi connectivity index (χ1n) is 7.86. The van der Waals surface area contributed by atoms with Gasteiger partial charge in [0.05, 0.1) is 6.26 Å². The van der Waals surface area contributed by atoms with Crippen molar-refractivity contribution in [2.24, 2.45) is 0 Å². The molecule has 114 valence electrons. The highest BCUT2D eigenvalue weighted by Gasteiger charge is 2.26. The first-order chi connectivity index (χ1) is 10.3. The first kappa shape index (κ1) is 14.3. The lowest BCUT2D eigenvalue weighted by atomic mass is 10.0. The van der Waals surface area contributed by atoms with E-state index in [1.807, 2.05) is 18.4 Å². The molecule has 1 saturated heterocycles. The number of likely N-dealkylation sites (N-methyl/N-ethyl adjacent to an activating group) is 1. The second-order valence-electron chi connectivity index (χ2n) is 5.97. The minimum atomic E-state index is 0.340. The maximum atomic E-state index is 5.69. The van der Waals surface area contributed by atoms with Crippen LogP contribution in [0.5, 0.6) is 0 Å². The largest absolute Gasteiger partial charge is 0.497 e. The molecular weight excluding hydrogens is 264 g/mol. The average Bonchev–Trinajstić information content (AvgIpc) is 2.57. The summed E-state index contributed by atoms with van der Waals surface area (Å²) in [6.07, 6.45) is 10.7. The van der Waals surface area contributed by atoms with Crippen molar-refractivity contribution >= 4 is 5.82 Å². The molecule has 0 aromatic carbocycles. The van der Waals surface area contributed by atoms with Crippen LogP contribution in [-0.2, 0) is 4.74 Å². The summed E-state index contributed by atoms with van der Waals surface area (Å²) in [5.74, 6) is 0.993. The first-order valence-corrected chi connectivity index (χ1v) is 7.86. The van der Waals surface area contributed by atoms with Crippen molar-refractivity contribution in [1.29, 1.82) is 0 Å². The summed E-state index contributed by atoms with van der Waals surface area (Å²) in [5, 5.41) is 8.23. The van der Waals surface area contributed by atoms with Crippen LogP contribution in [0, 0.1) is 0 Å². The van der Waals surface area contributed by atoms with Gasteiger partial charge in [-0.2, -0.15) is 5.10 Å². The van der Waals surface area contributed by atoms with Gasteiger partial charge in [-0.25, -0.2) is 0 Å². The Hall–Kier alpha value is -1.62. The zero-order valence-corrected chi connectivity index (χ0v) is 12.7. The quantitative estimate of drug-likeness (QED) is 0.848. The number of hydrogen-bond donors (Lipinski definition) is 0. The molecule has 5 heteroatoms. The third kappa shape index (κ3) is 3.73. The van der Waals surface area contributed by atoms with E-state index in [2.05, 4.69) is 33.1 Å². The molecule has 0 N–H and O–H groups in total. The Morgan fingerprint density at radius 2 is 2.38 bits per heavy atom. The van der Waals surface area contributed by atoms with Crippen LogP contribution in [0.4, 0.5) is 5.82 Å². The lowest BCUT2D eigenvalue weighted by Crippen LogP contribution is -2.49. The molecular formula is C16H24N4O. The lowest BCUT2D eigenvalue weighted by molar-refractivity contribution is 0.0696. The van der Waals surface area contributed by atoms with Gasteiger partial charge in [0, 0.05) is 31.9 Å². The van der Waals surface area contributed by atoms with Crippen LogP contribution in [0.2, 0.25) is 0 Å².